The first-order chi connectivity index (χ1) is 7.40. The highest BCUT2D eigenvalue weighted by molar-refractivity contribution is 5.68. The van der Waals surface area contributed by atoms with Gasteiger partial charge in [0.1, 0.15) is 12.3 Å². The van der Waals surface area contributed by atoms with Crippen molar-refractivity contribution in [1.82, 2.24) is 10.2 Å². The van der Waals surface area contributed by atoms with Gasteiger partial charge in [-0.1, -0.05) is 0 Å². The molecule has 0 aliphatic carbocycles. The van der Waals surface area contributed by atoms with E-state index in [0.29, 0.717) is 13.1 Å². The van der Waals surface area contributed by atoms with E-state index in [1.165, 1.54) is 0 Å². The molecular formula is C11H21FN2O2. The largest absolute Gasteiger partial charge is 0.444 e. The number of hydrogen-bond donors (Lipinski definition) is 1. The molecule has 0 aromatic carbocycles. The Balaban J connectivity index is 2.26. The lowest BCUT2D eigenvalue weighted by Gasteiger charge is -2.21. The van der Waals surface area contributed by atoms with Crippen LogP contribution in [0.15, 0.2) is 0 Å². The van der Waals surface area contributed by atoms with E-state index in [4.69, 9.17) is 4.74 Å². The summed E-state index contributed by atoms with van der Waals surface area (Å²) in [5, 5.41) is 2.80. The number of carbonyl (C=O) groups is 1. The number of carbonyl (C=O) groups excluding carboxylic acids is 1. The Labute approximate surface area is 96.1 Å². The van der Waals surface area contributed by atoms with E-state index in [9.17, 15) is 9.18 Å². The SMILES string of the molecule is CC(C)(C)OC(=O)N[C@@H]1CCN(CCF)C1. The zero-order valence-electron chi connectivity index (χ0n) is 10.3. The third-order valence-electron chi connectivity index (χ3n) is 2.39. The molecule has 94 valence electrons. The summed E-state index contributed by atoms with van der Waals surface area (Å²) in [5.74, 6) is 0. The molecule has 0 bridgehead atoms. The molecular weight excluding hydrogens is 211 g/mol. The van der Waals surface area contributed by atoms with E-state index < -0.39 is 5.60 Å². The second-order valence-corrected chi connectivity index (χ2v) is 5.12. The molecule has 1 heterocycles. The normalized spacial score (nSPS) is 22.1. The third kappa shape index (κ3) is 4.79. The number of alkyl halides is 1. The van der Waals surface area contributed by atoms with Gasteiger partial charge in [0.05, 0.1) is 0 Å². The van der Waals surface area contributed by atoms with Gasteiger partial charge in [-0.05, 0) is 27.2 Å². The Morgan fingerprint density at radius 1 is 1.56 bits per heavy atom. The number of hydrogen-bond acceptors (Lipinski definition) is 3. The first kappa shape index (κ1) is 13.2. The number of amides is 1. The van der Waals surface area contributed by atoms with Crippen molar-refractivity contribution in [2.45, 2.75) is 38.8 Å². The molecule has 1 amide bonds. The van der Waals surface area contributed by atoms with E-state index >= 15 is 0 Å². The Morgan fingerprint density at radius 2 is 2.25 bits per heavy atom. The van der Waals surface area contributed by atoms with E-state index in [-0.39, 0.29) is 18.8 Å². The second-order valence-electron chi connectivity index (χ2n) is 5.12. The minimum atomic E-state index is -0.471. The molecule has 0 aromatic rings. The molecule has 1 aliphatic heterocycles. The standard InChI is InChI=1S/C11H21FN2O2/c1-11(2,3)16-10(15)13-9-4-6-14(8-9)7-5-12/h9H,4-8H2,1-3H3,(H,13,15)/t9-/m1/s1. The summed E-state index contributed by atoms with van der Waals surface area (Å²) in [5.41, 5.74) is -0.471. The monoisotopic (exact) mass is 232 g/mol. The van der Waals surface area contributed by atoms with Gasteiger partial charge >= 0.3 is 6.09 Å². The first-order valence-corrected chi connectivity index (χ1v) is 5.68. The third-order valence-corrected chi connectivity index (χ3v) is 2.39. The highest BCUT2D eigenvalue weighted by Gasteiger charge is 2.25. The zero-order chi connectivity index (χ0) is 12.2. The van der Waals surface area contributed by atoms with Crippen molar-refractivity contribution < 1.29 is 13.9 Å². The molecule has 0 spiro atoms. The lowest BCUT2D eigenvalue weighted by atomic mass is 10.2. The van der Waals surface area contributed by atoms with Crippen LogP contribution in [0.3, 0.4) is 0 Å². The van der Waals surface area contributed by atoms with Crippen LogP contribution in [0.25, 0.3) is 0 Å². The van der Waals surface area contributed by atoms with Gasteiger partial charge in [-0.3, -0.25) is 4.90 Å². The molecule has 0 aromatic heterocycles. The molecule has 1 N–H and O–H groups in total. The van der Waals surface area contributed by atoms with E-state index in [2.05, 4.69) is 5.32 Å². The average molecular weight is 232 g/mol. The zero-order valence-corrected chi connectivity index (χ0v) is 10.3. The van der Waals surface area contributed by atoms with E-state index in [0.717, 1.165) is 13.0 Å². The molecule has 16 heavy (non-hydrogen) atoms. The van der Waals surface area contributed by atoms with Crippen molar-refractivity contribution in [2.75, 3.05) is 26.3 Å². The van der Waals surface area contributed by atoms with Gasteiger partial charge in [0, 0.05) is 25.7 Å². The quantitative estimate of drug-likeness (QED) is 0.802. The van der Waals surface area contributed by atoms with Crippen molar-refractivity contribution in [3.8, 4) is 0 Å². The maximum atomic E-state index is 12.1. The van der Waals surface area contributed by atoms with Crippen LogP contribution < -0.4 is 5.32 Å². The van der Waals surface area contributed by atoms with Crippen molar-refractivity contribution in [3.63, 3.8) is 0 Å². The van der Waals surface area contributed by atoms with Crippen LogP contribution in [0, 0.1) is 0 Å². The molecule has 1 saturated heterocycles. The number of halogens is 1. The Kier molecular flexibility index (Phi) is 4.53. The molecule has 0 radical (unpaired) electrons. The van der Waals surface area contributed by atoms with Crippen LogP contribution in [-0.4, -0.2) is 48.9 Å². The first-order valence-electron chi connectivity index (χ1n) is 5.68. The fourth-order valence-electron chi connectivity index (χ4n) is 1.75. The van der Waals surface area contributed by atoms with Crippen LogP contribution in [0.2, 0.25) is 0 Å². The number of nitrogens with one attached hydrogen (secondary N) is 1. The number of nitrogens with zero attached hydrogens (tertiary/aromatic N) is 1. The summed E-state index contributed by atoms with van der Waals surface area (Å²) in [6, 6.07) is 0.0846. The van der Waals surface area contributed by atoms with Gasteiger partial charge in [0.2, 0.25) is 0 Å². The predicted molar refractivity (Wildman–Crippen MR) is 60.2 cm³/mol. The van der Waals surface area contributed by atoms with Crippen molar-refractivity contribution in [3.05, 3.63) is 0 Å². The Bertz CT molecular complexity index is 241. The molecule has 1 fully saturated rings. The summed E-state index contributed by atoms with van der Waals surface area (Å²) in [4.78, 5) is 13.5. The molecule has 1 atom stereocenters. The molecule has 1 aliphatic rings. The fraction of sp³-hybridized carbons (Fsp3) is 0.909. The average Bonchev–Trinajstić information content (AvgIpc) is 2.49. The predicted octanol–water partition coefficient (Wildman–Crippen LogP) is 1.55. The van der Waals surface area contributed by atoms with Gasteiger partial charge in [-0.2, -0.15) is 0 Å². The summed E-state index contributed by atoms with van der Waals surface area (Å²) in [7, 11) is 0. The van der Waals surface area contributed by atoms with Gasteiger partial charge in [0.25, 0.3) is 0 Å². The van der Waals surface area contributed by atoms with Crippen molar-refractivity contribution in [1.29, 1.82) is 0 Å². The molecule has 5 heteroatoms. The highest BCUT2D eigenvalue weighted by atomic mass is 19.1. The van der Waals surface area contributed by atoms with Gasteiger partial charge in [0.15, 0.2) is 0 Å². The van der Waals surface area contributed by atoms with Crippen LogP contribution in [0.4, 0.5) is 9.18 Å². The van der Waals surface area contributed by atoms with Crippen LogP contribution in [-0.2, 0) is 4.74 Å². The topological polar surface area (TPSA) is 41.6 Å². The maximum absolute atomic E-state index is 12.1. The van der Waals surface area contributed by atoms with Crippen LogP contribution in [0.5, 0.6) is 0 Å². The molecule has 1 rings (SSSR count). The summed E-state index contributed by atoms with van der Waals surface area (Å²) < 4.78 is 17.3. The Hall–Kier alpha value is -0.840. The molecule has 4 nitrogen and oxygen atoms in total. The molecule has 0 saturated carbocycles. The highest BCUT2D eigenvalue weighted by Crippen LogP contribution is 2.11. The summed E-state index contributed by atoms with van der Waals surface area (Å²) in [6.07, 6.45) is 0.471. The summed E-state index contributed by atoms with van der Waals surface area (Å²) in [6.45, 7) is 7.16. The Morgan fingerprint density at radius 3 is 2.81 bits per heavy atom. The lowest BCUT2D eigenvalue weighted by Crippen LogP contribution is -2.40. The van der Waals surface area contributed by atoms with Gasteiger partial charge < -0.3 is 10.1 Å². The lowest BCUT2D eigenvalue weighted by molar-refractivity contribution is 0.0506. The minimum Gasteiger partial charge on any atom is -0.444 e. The van der Waals surface area contributed by atoms with Crippen molar-refractivity contribution in [2.24, 2.45) is 0 Å². The maximum Gasteiger partial charge on any atom is 0.407 e. The van der Waals surface area contributed by atoms with Crippen molar-refractivity contribution >= 4 is 6.09 Å². The van der Waals surface area contributed by atoms with Crippen LogP contribution in [0.1, 0.15) is 27.2 Å². The second kappa shape index (κ2) is 5.48. The number of likely N-dealkylation sites (tertiary alicyclic amines) is 1. The van der Waals surface area contributed by atoms with Crippen LogP contribution >= 0.6 is 0 Å². The minimum absolute atomic E-state index is 0.0846. The smallest absolute Gasteiger partial charge is 0.407 e. The molecule has 0 unspecified atom stereocenters. The van der Waals surface area contributed by atoms with Gasteiger partial charge in [-0.15, -0.1) is 0 Å². The number of ether oxygens (including phenoxy) is 1. The van der Waals surface area contributed by atoms with E-state index in [1.807, 2.05) is 25.7 Å². The van der Waals surface area contributed by atoms with Gasteiger partial charge in [-0.25, -0.2) is 9.18 Å². The fourth-order valence-corrected chi connectivity index (χ4v) is 1.75. The summed E-state index contributed by atoms with van der Waals surface area (Å²) >= 11 is 0. The van der Waals surface area contributed by atoms with E-state index in [1.54, 1.807) is 0 Å². The number of alkyl carbamates (subject to hydrolysis) is 1. The number of rotatable bonds is 3.